The van der Waals surface area contributed by atoms with Crippen LogP contribution in [0.15, 0.2) is 60.0 Å². The Morgan fingerprint density at radius 1 is 1.00 bits per heavy atom. The van der Waals surface area contributed by atoms with Crippen LogP contribution in [0, 0.1) is 6.92 Å². The van der Waals surface area contributed by atoms with Crippen molar-refractivity contribution < 1.29 is 9.59 Å². The van der Waals surface area contributed by atoms with Crippen molar-refractivity contribution in [3.05, 3.63) is 82.4 Å². The van der Waals surface area contributed by atoms with Crippen LogP contribution >= 0.6 is 11.3 Å². The molecule has 0 fully saturated rings. The van der Waals surface area contributed by atoms with Crippen molar-refractivity contribution >= 4 is 28.3 Å². The van der Waals surface area contributed by atoms with Crippen LogP contribution in [-0.4, -0.2) is 16.8 Å². The van der Waals surface area contributed by atoms with Gasteiger partial charge in [0.2, 0.25) is 0 Å². The van der Waals surface area contributed by atoms with Crippen molar-refractivity contribution in [2.75, 3.05) is 5.32 Å². The number of aryl methyl sites for hydroxylation is 1. The number of amides is 2. The number of nitrogens with one attached hydrogen (secondary N) is 2. The topological polar surface area (TPSA) is 71.1 Å². The van der Waals surface area contributed by atoms with E-state index in [2.05, 4.69) is 15.6 Å². The third kappa shape index (κ3) is 4.15. The highest BCUT2D eigenvalue weighted by atomic mass is 32.1. The van der Waals surface area contributed by atoms with Gasteiger partial charge in [-0.1, -0.05) is 48.5 Å². The molecule has 6 heteroatoms. The van der Waals surface area contributed by atoms with Crippen LogP contribution < -0.4 is 10.6 Å². The van der Waals surface area contributed by atoms with E-state index in [4.69, 9.17) is 0 Å². The Hall–Kier alpha value is -2.99. The Bertz CT molecular complexity index is 922. The molecule has 1 unspecified atom stereocenters. The zero-order valence-corrected chi connectivity index (χ0v) is 15.3. The first-order chi connectivity index (χ1) is 12.5. The van der Waals surface area contributed by atoms with Gasteiger partial charge in [-0.25, -0.2) is 4.98 Å². The molecule has 0 radical (unpaired) electrons. The minimum Gasteiger partial charge on any atom is -0.344 e. The molecule has 0 spiro atoms. The van der Waals surface area contributed by atoms with Crippen molar-refractivity contribution in [1.82, 2.24) is 10.3 Å². The number of thiazole rings is 1. The van der Waals surface area contributed by atoms with E-state index in [1.165, 1.54) is 11.3 Å². The van der Waals surface area contributed by atoms with E-state index in [0.29, 0.717) is 10.7 Å². The maximum Gasteiger partial charge on any atom is 0.271 e. The molecule has 3 aromatic rings. The second-order valence-electron chi connectivity index (χ2n) is 5.91. The molecule has 5 nitrogen and oxygen atoms in total. The maximum atomic E-state index is 12.4. The zero-order valence-electron chi connectivity index (χ0n) is 14.5. The third-order valence-corrected chi connectivity index (χ3v) is 4.75. The van der Waals surface area contributed by atoms with Gasteiger partial charge in [0.05, 0.1) is 6.04 Å². The predicted octanol–water partition coefficient (Wildman–Crippen LogP) is 4.19. The number of carbonyl (C=O) groups excluding carboxylic acids is 2. The monoisotopic (exact) mass is 365 g/mol. The molecule has 2 N–H and O–H groups in total. The van der Waals surface area contributed by atoms with Crippen molar-refractivity contribution in [3.8, 4) is 0 Å². The highest BCUT2D eigenvalue weighted by molar-refractivity contribution is 7.14. The molecule has 3 rings (SSSR count). The van der Waals surface area contributed by atoms with Gasteiger partial charge < -0.3 is 5.32 Å². The third-order valence-electron chi connectivity index (χ3n) is 3.99. The molecule has 26 heavy (non-hydrogen) atoms. The lowest BCUT2D eigenvalue weighted by Gasteiger charge is -2.13. The first-order valence-electron chi connectivity index (χ1n) is 8.23. The maximum absolute atomic E-state index is 12.4. The van der Waals surface area contributed by atoms with Gasteiger partial charge in [0.25, 0.3) is 11.8 Å². The molecule has 0 aliphatic rings. The standard InChI is InChI=1S/C20H19N3O2S/c1-13-8-6-7-11-16(13)18(24)23-20-22-17(12-26-20)19(25)21-14(2)15-9-4-3-5-10-15/h3-12,14H,1-2H3,(H,21,25)(H,22,23,24). The van der Waals surface area contributed by atoms with Crippen LogP contribution in [0.5, 0.6) is 0 Å². The number of anilines is 1. The van der Waals surface area contributed by atoms with Gasteiger partial charge in [-0.05, 0) is 31.0 Å². The molecule has 1 aromatic heterocycles. The summed E-state index contributed by atoms with van der Waals surface area (Å²) in [6, 6.07) is 16.9. The molecular weight excluding hydrogens is 346 g/mol. The Morgan fingerprint density at radius 3 is 2.42 bits per heavy atom. The first-order valence-corrected chi connectivity index (χ1v) is 9.11. The molecule has 0 aliphatic heterocycles. The Labute approximate surface area is 156 Å². The summed E-state index contributed by atoms with van der Waals surface area (Å²) in [5.74, 6) is -0.504. The van der Waals surface area contributed by atoms with E-state index in [-0.39, 0.29) is 23.6 Å². The van der Waals surface area contributed by atoms with Crippen LogP contribution in [0.25, 0.3) is 0 Å². The predicted molar refractivity (Wildman–Crippen MR) is 104 cm³/mol. The van der Waals surface area contributed by atoms with Crippen LogP contribution in [0.2, 0.25) is 0 Å². The Kier molecular flexibility index (Phi) is 5.43. The van der Waals surface area contributed by atoms with Gasteiger partial charge in [0.15, 0.2) is 5.13 Å². The second kappa shape index (κ2) is 7.93. The van der Waals surface area contributed by atoms with Crippen LogP contribution in [0.3, 0.4) is 0 Å². The zero-order chi connectivity index (χ0) is 18.5. The van der Waals surface area contributed by atoms with Gasteiger partial charge >= 0.3 is 0 Å². The quantitative estimate of drug-likeness (QED) is 0.712. The SMILES string of the molecule is Cc1ccccc1C(=O)Nc1nc(C(=O)NC(C)c2ccccc2)cs1. The van der Waals surface area contributed by atoms with E-state index in [9.17, 15) is 9.59 Å². The first kappa shape index (κ1) is 17.8. The van der Waals surface area contributed by atoms with E-state index < -0.39 is 0 Å². The Balaban J connectivity index is 1.65. The largest absolute Gasteiger partial charge is 0.344 e. The molecule has 1 heterocycles. The average Bonchev–Trinajstić information content (AvgIpc) is 3.11. The van der Waals surface area contributed by atoms with Gasteiger partial charge in [0, 0.05) is 10.9 Å². The van der Waals surface area contributed by atoms with E-state index >= 15 is 0 Å². The van der Waals surface area contributed by atoms with Gasteiger partial charge in [-0.15, -0.1) is 11.3 Å². The fraction of sp³-hybridized carbons (Fsp3) is 0.150. The summed E-state index contributed by atoms with van der Waals surface area (Å²) in [4.78, 5) is 28.9. The number of hydrogen-bond acceptors (Lipinski definition) is 4. The van der Waals surface area contributed by atoms with Gasteiger partial charge in [-0.3, -0.25) is 14.9 Å². The summed E-state index contributed by atoms with van der Waals surface area (Å²) in [5.41, 5.74) is 2.78. The molecule has 0 saturated carbocycles. The lowest BCUT2D eigenvalue weighted by Crippen LogP contribution is -2.27. The molecule has 132 valence electrons. The summed E-state index contributed by atoms with van der Waals surface area (Å²) in [6.07, 6.45) is 0. The number of rotatable bonds is 5. The van der Waals surface area contributed by atoms with Crippen LogP contribution in [0.4, 0.5) is 5.13 Å². The summed E-state index contributed by atoms with van der Waals surface area (Å²) in [6.45, 7) is 3.79. The van der Waals surface area contributed by atoms with Crippen molar-refractivity contribution in [2.24, 2.45) is 0 Å². The summed E-state index contributed by atoms with van der Waals surface area (Å²) in [7, 11) is 0. The molecule has 0 bridgehead atoms. The lowest BCUT2D eigenvalue weighted by molar-refractivity contribution is 0.0934. The highest BCUT2D eigenvalue weighted by Crippen LogP contribution is 2.19. The molecule has 2 amide bonds. The van der Waals surface area contributed by atoms with Crippen molar-refractivity contribution in [2.45, 2.75) is 19.9 Å². The summed E-state index contributed by atoms with van der Waals surface area (Å²) in [5, 5.41) is 7.70. The number of nitrogens with zero attached hydrogens (tertiary/aromatic N) is 1. The molecule has 0 saturated heterocycles. The number of carbonyl (C=O) groups is 2. The molecular formula is C20H19N3O2S. The summed E-state index contributed by atoms with van der Waals surface area (Å²) < 4.78 is 0. The van der Waals surface area contributed by atoms with Crippen molar-refractivity contribution in [1.29, 1.82) is 0 Å². The minimum atomic E-state index is -0.269. The second-order valence-corrected chi connectivity index (χ2v) is 6.77. The fourth-order valence-electron chi connectivity index (χ4n) is 2.52. The van der Waals surface area contributed by atoms with Crippen LogP contribution in [0.1, 0.15) is 44.9 Å². The summed E-state index contributed by atoms with van der Waals surface area (Å²) >= 11 is 1.23. The molecule has 2 aromatic carbocycles. The van der Waals surface area contributed by atoms with E-state index in [0.717, 1.165) is 11.1 Å². The van der Waals surface area contributed by atoms with Gasteiger partial charge in [-0.2, -0.15) is 0 Å². The molecule has 1 atom stereocenters. The van der Waals surface area contributed by atoms with E-state index in [1.807, 2.05) is 62.4 Å². The normalized spacial score (nSPS) is 11.6. The minimum absolute atomic E-state index is 0.129. The number of aromatic nitrogens is 1. The van der Waals surface area contributed by atoms with E-state index in [1.54, 1.807) is 11.4 Å². The lowest BCUT2D eigenvalue weighted by atomic mass is 10.1. The molecule has 0 aliphatic carbocycles. The highest BCUT2D eigenvalue weighted by Gasteiger charge is 2.16. The average molecular weight is 365 g/mol. The fourth-order valence-corrected chi connectivity index (χ4v) is 3.21. The number of benzene rings is 2. The smallest absolute Gasteiger partial charge is 0.271 e. The van der Waals surface area contributed by atoms with Crippen LogP contribution in [-0.2, 0) is 0 Å². The van der Waals surface area contributed by atoms with Gasteiger partial charge in [0.1, 0.15) is 5.69 Å². The Morgan fingerprint density at radius 2 is 1.69 bits per heavy atom. The number of hydrogen-bond donors (Lipinski definition) is 2. The van der Waals surface area contributed by atoms with Crippen molar-refractivity contribution in [3.63, 3.8) is 0 Å².